The van der Waals surface area contributed by atoms with Crippen molar-refractivity contribution in [3.8, 4) is 0 Å². The molecule has 0 atom stereocenters. The lowest BCUT2D eigenvalue weighted by atomic mass is 9.92. The summed E-state index contributed by atoms with van der Waals surface area (Å²) in [5, 5.41) is 8.53. The van der Waals surface area contributed by atoms with E-state index in [-0.39, 0.29) is 58.7 Å². The molecule has 0 aromatic carbocycles. The summed E-state index contributed by atoms with van der Waals surface area (Å²) >= 11 is 0. The average molecular weight is 478 g/mol. The highest BCUT2D eigenvalue weighted by atomic mass is 16.6. The highest BCUT2D eigenvalue weighted by Gasteiger charge is 2.38. The molecule has 0 bridgehead atoms. The van der Waals surface area contributed by atoms with Gasteiger partial charge in [0.2, 0.25) is 0 Å². The van der Waals surface area contributed by atoms with E-state index in [4.69, 9.17) is 23.7 Å². The fraction of sp³-hybridized carbons (Fsp3) is 0.810. The molecule has 0 heterocycles. The summed E-state index contributed by atoms with van der Waals surface area (Å²) in [6, 6.07) is 0. The lowest BCUT2D eigenvalue weighted by molar-refractivity contribution is -0.170. The first-order valence-electron chi connectivity index (χ1n) is 10.9. The second kappa shape index (κ2) is 19.2. The van der Waals surface area contributed by atoms with Crippen LogP contribution in [-0.4, -0.2) is 105 Å². The molecule has 12 nitrogen and oxygen atoms in total. The SMILES string of the molecule is CNCCC(=O)OCC(COC(=O)CCNC)(COC(=O)CCNC)COC(=O)CCOC. The van der Waals surface area contributed by atoms with Crippen molar-refractivity contribution in [1.82, 2.24) is 16.0 Å². The van der Waals surface area contributed by atoms with Gasteiger partial charge in [0, 0.05) is 26.7 Å². The fourth-order valence-electron chi connectivity index (χ4n) is 2.34. The summed E-state index contributed by atoms with van der Waals surface area (Å²) < 4.78 is 26.2. The maximum absolute atomic E-state index is 12.1. The number of nitrogens with one attached hydrogen (secondary N) is 3. The molecule has 0 unspecified atom stereocenters. The normalized spacial score (nSPS) is 11.0. The molecule has 0 aliphatic rings. The fourth-order valence-corrected chi connectivity index (χ4v) is 2.34. The molecule has 0 saturated carbocycles. The number of hydrogen-bond acceptors (Lipinski definition) is 12. The summed E-state index contributed by atoms with van der Waals surface area (Å²) in [7, 11) is 6.56. The van der Waals surface area contributed by atoms with E-state index in [0.717, 1.165) is 0 Å². The molecule has 33 heavy (non-hydrogen) atoms. The maximum atomic E-state index is 12.1. The van der Waals surface area contributed by atoms with Crippen molar-refractivity contribution in [1.29, 1.82) is 0 Å². The quantitative estimate of drug-likeness (QED) is 0.146. The minimum atomic E-state index is -1.26. The molecule has 0 rings (SSSR count). The number of ether oxygens (including phenoxy) is 5. The Bertz CT molecular complexity index is 486. The maximum Gasteiger partial charge on any atom is 0.308 e. The van der Waals surface area contributed by atoms with Gasteiger partial charge in [0.15, 0.2) is 0 Å². The molecule has 0 spiro atoms. The van der Waals surface area contributed by atoms with Crippen LogP contribution >= 0.6 is 0 Å². The first-order valence-corrected chi connectivity index (χ1v) is 10.9. The van der Waals surface area contributed by atoms with E-state index < -0.39 is 29.3 Å². The first-order chi connectivity index (χ1) is 15.8. The number of carbonyl (C=O) groups is 4. The van der Waals surface area contributed by atoms with Crippen molar-refractivity contribution in [2.45, 2.75) is 25.7 Å². The highest BCUT2D eigenvalue weighted by molar-refractivity contribution is 5.71. The summed E-state index contributed by atoms with van der Waals surface area (Å²) in [5.41, 5.74) is -1.26. The van der Waals surface area contributed by atoms with Gasteiger partial charge < -0.3 is 39.6 Å². The summed E-state index contributed by atoms with van der Waals surface area (Å²) in [5.74, 6) is -2.04. The van der Waals surface area contributed by atoms with Crippen molar-refractivity contribution in [3.63, 3.8) is 0 Å². The van der Waals surface area contributed by atoms with Crippen LogP contribution in [0.1, 0.15) is 25.7 Å². The van der Waals surface area contributed by atoms with Crippen molar-refractivity contribution in [2.75, 3.05) is 80.9 Å². The zero-order valence-corrected chi connectivity index (χ0v) is 20.2. The van der Waals surface area contributed by atoms with Gasteiger partial charge in [0.05, 0.1) is 32.3 Å². The molecular weight excluding hydrogens is 438 g/mol. The Hall–Kier alpha value is -2.28. The molecule has 0 fully saturated rings. The number of methoxy groups -OCH3 is 1. The average Bonchev–Trinajstić information content (AvgIpc) is 2.82. The van der Waals surface area contributed by atoms with Crippen molar-refractivity contribution < 1.29 is 42.9 Å². The summed E-state index contributed by atoms with van der Waals surface area (Å²) in [4.78, 5) is 48.2. The van der Waals surface area contributed by atoms with Gasteiger partial charge in [-0.15, -0.1) is 0 Å². The Kier molecular flexibility index (Phi) is 17.9. The smallest absolute Gasteiger partial charge is 0.308 e. The zero-order chi connectivity index (χ0) is 25.0. The third-order valence-electron chi connectivity index (χ3n) is 4.41. The molecule has 0 aliphatic carbocycles. The lowest BCUT2D eigenvalue weighted by Gasteiger charge is -2.31. The van der Waals surface area contributed by atoms with Crippen LogP contribution in [0.4, 0.5) is 0 Å². The monoisotopic (exact) mass is 477 g/mol. The molecule has 3 N–H and O–H groups in total. The van der Waals surface area contributed by atoms with E-state index in [1.165, 1.54) is 7.11 Å². The molecule has 0 amide bonds. The van der Waals surface area contributed by atoms with Crippen molar-refractivity contribution in [3.05, 3.63) is 0 Å². The summed E-state index contributed by atoms with van der Waals surface area (Å²) in [6.07, 6.45) is 0.358. The summed E-state index contributed by atoms with van der Waals surface area (Å²) in [6.45, 7) is 0.307. The van der Waals surface area contributed by atoms with Gasteiger partial charge in [-0.05, 0) is 21.1 Å². The van der Waals surface area contributed by atoms with E-state index in [9.17, 15) is 19.2 Å². The number of hydrogen-bond donors (Lipinski definition) is 3. The highest BCUT2D eigenvalue weighted by Crippen LogP contribution is 2.22. The predicted molar refractivity (Wildman–Crippen MR) is 118 cm³/mol. The van der Waals surface area contributed by atoms with Gasteiger partial charge in [-0.3, -0.25) is 19.2 Å². The van der Waals surface area contributed by atoms with E-state index >= 15 is 0 Å². The molecule has 0 radical (unpaired) electrons. The third-order valence-corrected chi connectivity index (χ3v) is 4.41. The van der Waals surface area contributed by atoms with Crippen LogP contribution in [0.5, 0.6) is 0 Å². The first kappa shape index (κ1) is 30.7. The van der Waals surface area contributed by atoms with Crippen LogP contribution in [0.2, 0.25) is 0 Å². The Morgan fingerprint density at radius 3 is 1.15 bits per heavy atom. The second-order valence-corrected chi connectivity index (χ2v) is 7.45. The molecule has 0 aromatic rings. The number of carbonyl (C=O) groups excluding carboxylic acids is 4. The van der Waals surface area contributed by atoms with Crippen LogP contribution in [0, 0.1) is 5.41 Å². The minimum absolute atomic E-state index is 0.0124. The van der Waals surface area contributed by atoms with Crippen LogP contribution in [0.3, 0.4) is 0 Å². The molecule has 0 aromatic heterocycles. The van der Waals surface area contributed by atoms with Gasteiger partial charge in [-0.2, -0.15) is 0 Å². The van der Waals surface area contributed by atoms with E-state index in [1.807, 2.05) is 0 Å². The molecular formula is C21H39N3O9. The van der Waals surface area contributed by atoms with Crippen LogP contribution in [0.15, 0.2) is 0 Å². The van der Waals surface area contributed by atoms with E-state index in [1.54, 1.807) is 21.1 Å². The Morgan fingerprint density at radius 2 is 0.879 bits per heavy atom. The largest absolute Gasteiger partial charge is 0.465 e. The Labute approximate surface area is 195 Å². The second-order valence-electron chi connectivity index (χ2n) is 7.45. The Balaban J connectivity index is 5.42. The third kappa shape index (κ3) is 16.1. The van der Waals surface area contributed by atoms with Gasteiger partial charge in [0.25, 0.3) is 0 Å². The number of rotatable bonds is 20. The van der Waals surface area contributed by atoms with Crippen molar-refractivity contribution >= 4 is 23.9 Å². The molecule has 192 valence electrons. The van der Waals surface area contributed by atoms with Gasteiger partial charge in [0.1, 0.15) is 31.8 Å². The standard InChI is InChI=1S/C21H39N3O9/c1-22-9-5-17(25)30-13-21(14-31-18(26)6-10-23-2,15-32-19(27)7-11-24-3)16-33-20(28)8-12-29-4/h22-24H,5-16H2,1-4H3. The Morgan fingerprint density at radius 1 is 0.576 bits per heavy atom. The molecule has 0 aliphatic heterocycles. The van der Waals surface area contributed by atoms with E-state index in [2.05, 4.69) is 16.0 Å². The molecule has 12 heteroatoms. The van der Waals surface area contributed by atoms with Gasteiger partial charge >= 0.3 is 23.9 Å². The van der Waals surface area contributed by atoms with E-state index in [0.29, 0.717) is 19.6 Å². The predicted octanol–water partition coefficient (Wildman–Crippen LogP) is -0.989. The topological polar surface area (TPSA) is 151 Å². The number of esters is 4. The van der Waals surface area contributed by atoms with Crippen LogP contribution in [0.25, 0.3) is 0 Å². The van der Waals surface area contributed by atoms with Crippen molar-refractivity contribution in [2.24, 2.45) is 5.41 Å². The van der Waals surface area contributed by atoms with Crippen LogP contribution in [-0.2, 0) is 42.9 Å². The van der Waals surface area contributed by atoms with Gasteiger partial charge in [-0.25, -0.2) is 0 Å². The zero-order valence-electron chi connectivity index (χ0n) is 20.2. The van der Waals surface area contributed by atoms with Gasteiger partial charge in [-0.1, -0.05) is 0 Å². The minimum Gasteiger partial charge on any atom is -0.465 e. The lowest BCUT2D eigenvalue weighted by Crippen LogP contribution is -2.44. The van der Waals surface area contributed by atoms with Crippen LogP contribution < -0.4 is 16.0 Å². The molecule has 0 saturated heterocycles.